The number of carbonyl (C=O) groups excluding carboxylic acids is 1. The Balaban J connectivity index is 1.75. The van der Waals surface area contributed by atoms with Gasteiger partial charge in [-0.3, -0.25) is 9.78 Å². The monoisotopic (exact) mass is 589 g/mol. The van der Waals surface area contributed by atoms with Crippen LogP contribution in [0.1, 0.15) is 53.0 Å². The van der Waals surface area contributed by atoms with Crippen molar-refractivity contribution in [2.75, 3.05) is 0 Å². The number of aryl methyl sites for hydroxylation is 2. The minimum Gasteiger partial charge on any atom is -0.490 e. The fourth-order valence-corrected chi connectivity index (χ4v) is 5.47. The molecule has 2 aromatic carbocycles. The number of aromatic nitrogens is 2. The van der Waals surface area contributed by atoms with E-state index in [9.17, 15) is 23.3 Å². The van der Waals surface area contributed by atoms with Crippen LogP contribution in [0, 0.1) is 18.3 Å². The van der Waals surface area contributed by atoms with Crippen molar-refractivity contribution in [2.24, 2.45) is 10.9 Å². The molecule has 42 heavy (non-hydrogen) atoms. The summed E-state index contributed by atoms with van der Waals surface area (Å²) in [5.41, 5.74) is 7.57. The smallest absolute Gasteiger partial charge is 0.365 e. The second-order valence-electron chi connectivity index (χ2n) is 9.56. The molecule has 0 spiro atoms. The number of carboxylic acids is 1. The normalized spacial score (nSPS) is 11.8. The van der Waals surface area contributed by atoms with Crippen LogP contribution in [-0.2, 0) is 26.1 Å². The van der Waals surface area contributed by atoms with Crippen LogP contribution < -0.4 is 10.5 Å². The van der Waals surface area contributed by atoms with Crippen LogP contribution in [0.25, 0.3) is 10.9 Å². The number of hydrogen-bond acceptors (Lipinski definition) is 9. The number of aliphatic carboxylic acids is 1. The summed E-state index contributed by atoms with van der Waals surface area (Å²) >= 11 is 0. The van der Waals surface area contributed by atoms with Crippen LogP contribution in [0.5, 0.6) is 5.75 Å². The Hall–Kier alpha value is -5.22. The van der Waals surface area contributed by atoms with Crippen LogP contribution in [0.4, 0.5) is 0 Å². The second kappa shape index (κ2) is 12.1. The number of amidine groups is 1. The molecule has 4 rings (SSSR count). The lowest BCUT2D eigenvalue weighted by Crippen LogP contribution is -2.21. The predicted molar refractivity (Wildman–Crippen MR) is 153 cm³/mol. The first-order valence-corrected chi connectivity index (χ1v) is 14.1. The lowest BCUT2D eigenvalue weighted by molar-refractivity contribution is -0.136. The van der Waals surface area contributed by atoms with Crippen LogP contribution in [0.2, 0.25) is 0 Å². The number of rotatable bonds is 10. The molecule has 2 heterocycles. The summed E-state index contributed by atoms with van der Waals surface area (Å²) in [5, 5.41) is 22.7. The van der Waals surface area contributed by atoms with Gasteiger partial charge >= 0.3 is 11.9 Å². The number of benzene rings is 2. The maximum atomic E-state index is 13.6. The van der Waals surface area contributed by atoms with Gasteiger partial charge in [0.2, 0.25) is 0 Å². The standard InChI is InChI=1S/C29H27N5O7S/c1-17(2)40-24-10-6-19(14-21(24)15-30)29(37)41-33-28(31)26-27-23(20(16-32-26)7-11-25(35)36)12-13-34(27)42(38,39)22-8-4-18(3)5-9-22/h4-6,8-10,12-14,16-17H,7,11H2,1-3H3,(H2,31,33)(H,35,36). The van der Waals surface area contributed by atoms with Crippen LogP contribution in [-0.4, -0.2) is 46.4 Å². The fourth-order valence-electron chi connectivity index (χ4n) is 4.12. The van der Waals surface area contributed by atoms with E-state index < -0.39 is 27.8 Å². The Morgan fingerprint density at radius 1 is 1.17 bits per heavy atom. The number of pyridine rings is 1. The van der Waals surface area contributed by atoms with Crippen molar-refractivity contribution in [3.8, 4) is 11.8 Å². The Morgan fingerprint density at radius 3 is 2.52 bits per heavy atom. The number of fused-ring (bicyclic) bond motifs is 1. The highest BCUT2D eigenvalue weighted by atomic mass is 32.2. The molecule has 2 aromatic heterocycles. The van der Waals surface area contributed by atoms with Crippen molar-refractivity contribution in [3.63, 3.8) is 0 Å². The molecule has 0 aliphatic rings. The highest BCUT2D eigenvalue weighted by Gasteiger charge is 2.24. The minimum atomic E-state index is -4.14. The van der Waals surface area contributed by atoms with E-state index in [-0.39, 0.29) is 46.2 Å². The van der Waals surface area contributed by atoms with Gasteiger partial charge in [0, 0.05) is 24.2 Å². The Kier molecular flexibility index (Phi) is 8.58. The molecule has 3 N–H and O–H groups in total. The van der Waals surface area contributed by atoms with Crippen molar-refractivity contribution in [2.45, 2.75) is 44.6 Å². The topological polar surface area (TPSA) is 187 Å². The zero-order chi connectivity index (χ0) is 30.6. The molecule has 0 aliphatic heterocycles. The van der Waals surface area contributed by atoms with E-state index in [4.69, 9.17) is 20.4 Å². The molecule has 0 fully saturated rings. The molecule has 0 amide bonds. The maximum Gasteiger partial charge on any atom is 0.365 e. The van der Waals surface area contributed by atoms with Gasteiger partial charge < -0.3 is 20.4 Å². The summed E-state index contributed by atoms with van der Waals surface area (Å²) in [6.07, 6.45) is 2.38. The Morgan fingerprint density at radius 2 is 1.88 bits per heavy atom. The summed E-state index contributed by atoms with van der Waals surface area (Å²) < 4.78 is 33.8. The SMILES string of the molecule is Cc1ccc(S(=O)(=O)n2ccc3c(CCC(=O)O)cnc(C(N)=NOC(=O)c4ccc(OC(C)C)c(C#N)c4)c32)cc1. The average molecular weight is 590 g/mol. The summed E-state index contributed by atoms with van der Waals surface area (Å²) in [5.74, 6) is -2.06. The number of hydrogen-bond donors (Lipinski definition) is 2. The van der Waals surface area contributed by atoms with E-state index >= 15 is 0 Å². The summed E-state index contributed by atoms with van der Waals surface area (Å²) in [4.78, 5) is 33.2. The third kappa shape index (κ3) is 6.24. The largest absolute Gasteiger partial charge is 0.490 e. The summed E-state index contributed by atoms with van der Waals surface area (Å²) in [6, 6.07) is 13.9. The number of carbonyl (C=O) groups is 2. The molecular formula is C29H27N5O7S. The number of ether oxygens (including phenoxy) is 1. The quantitative estimate of drug-likeness (QED) is 0.119. The number of nitrogens with zero attached hydrogens (tertiary/aromatic N) is 4. The van der Waals surface area contributed by atoms with E-state index in [1.807, 2.05) is 13.0 Å². The molecule has 12 nitrogen and oxygen atoms in total. The molecule has 0 bridgehead atoms. The maximum absolute atomic E-state index is 13.6. The molecule has 0 unspecified atom stereocenters. The lowest BCUT2D eigenvalue weighted by Gasteiger charge is -2.12. The second-order valence-corrected chi connectivity index (χ2v) is 11.4. The molecule has 0 aliphatic carbocycles. The van der Waals surface area contributed by atoms with Gasteiger partial charge in [-0.05, 0) is 69.2 Å². The predicted octanol–water partition coefficient (Wildman–Crippen LogP) is 3.74. The molecule has 4 aromatic rings. The minimum absolute atomic E-state index is 0.00616. The van der Waals surface area contributed by atoms with Crippen LogP contribution >= 0.6 is 0 Å². The Labute approximate surface area is 241 Å². The van der Waals surface area contributed by atoms with Gasteiger partial charge in [-0.1, -0.05) is 22.9 Å². The molecule has 0 saturated carbocycles. The van der Waals surface area contributed by atoms with Crippen LogP contribution in [0.3, 0.4) is 0 Å². The molecule has 0 saturated heterocycles. The molecular weight excluding hydrogens is 562 g/mol. The number of carboxylic acid groups (broad SMARTS) is 1. The number of nitriles is 1. The zero-order valence-electron chi connectivity index (χ0n) is 22.9. The van der Waals surface area contributed by atoms with Crippen molar-refractivity contribution in [3.05, 3.63) is 88.9 Å². The molecule has 13 heteroatoms. The van der Waals surface area contributed by atoms with Gasteiger partial charge in [0.25, 0.3) is 10.0 Å². The van der Waals surface area contributed by atoms with E-state index in [0.717, 1.165) is 9.54 Å². The third-order valence-electron chi connectivity index (χ3n) is 6.13. The van der Waals surface area contributed by atoms with Gasteiger partial charge in [0.15, 0.2) is 5.84 Å². The first-order chi connectivity index (χ1) is 19.9. The van der Waals surface area contributed by atoms with Crippen molar-refractivity contribution < 1.29 is 32.7 Å². The average Bonchev–Trinajstić information content (AvgIpc) is 3.41. The molecule has 0 radical (unpaired) electrons. The Bertz CT molecular complexity index is 1850. The first-order valence-electron chi connectivity index (χ1n) is 12.7. The van der Waals surface area contributed by atoms with Crippen molar-refractivity contribution >= 4 is 38.7 Å². The number of oxime groups is 1. The van der Waals surface area contributed by atoms with E-state index in [1.165, 1.54) is 48.8 Å². The van der Waals surface area contributed by atoms with Crippen molar-refractivity contribution in [1.82, 2.24) is 8.96 Å². The highest BCUT2D eigenvalue weighted by Crippen LogP contribution is 2.28. The van der Waals surface area contributed by atoms with Gasteiger partial charge in [-0.15, -0.1) is 0 Å². The third-order valence-corrected chi connectivity index (χ3v) is 7.82. The molecule has 216 valence electrons. The van der Waals surface area contributed by atoms with E-state index in [2.05, 4.69) is 10.1 Å². The zero-order valence-corrected chi connectivity index (χ0v) is 23.8. The first kappa shape index (κ1) is 29.8. The highest BCUT2D eigenvalue weighted by molar-refractivity contribution is 7.90. The van der Waals surface area contributed by atoms with Gasteiger partial charge in [-0.2, -0.15) is 5.26 Å². The molecule has 0 atom stereocenters. The van der Waals surface area contributed by atoms with E-state index in [1.54, 1.807) is 26.0 Å². The lowest BCUT2D eigenvalue weighted by atomic mass is 10.1. The van der Waals surface area contributed by atoms with Gasteiger partial charge in [0.1, 0.15) is 17.5 Å². The fraction of sp³-hybridized carbons (Fsp3) is 0.207. The summed E-state index contributed by atoms with van der Waals surface area (Å²) in [6.45, 7) is 5.42. The van der Waals surface area contributed by atoms with Crippen LogP contribution in [0.15, 0.2) is 71.0 Å². The van der Waals surface area contributed by atoms with Gasteiger partial charge in [-0.25, -0.2) is 17.2 Å². The number of nitrogens with two attached hydrogens (primary N) is 1. The summed E-state index contributed by atoms with van der Waals surface area (Å²) in [7, 11) is -4.14. The van der Waals surface area contributed by atoms with Crippen molar-refractivity contribution in [1.29, 1.82) is 5.26 Å². The van der Waals surface area contributed by atoms with E-state index in [0.29, 0.717) is 16.7 Å². The van der Waals surface area contributed by atoms with Gasteiger partial charge in [0.05, 0.1) is 27.6 Å².